The van der Waals surface area contributed by atoms with E-state index in [1.165, 1.54) is 18.3 Å². The van der Waals surface area contributed by atoms with Gasteiger partial charge in [0, 0.05) is 4.47 Å². The summed E-state index contributed by atoms with van der Waals surface area (Å²) in [5, 5.41) is 6.86. The van der Waals surface area contributed by atoms with Gasteiger partial charge in [0.15, 0.2) is 6.61 Å². The van der Waals surface area contributed by atoms with Crippen LogP contribution in [0, 0.1) is 0 Å². The molecule has 0 radical (unpaired) electrons. The molecule has 0 aliphatic heterocycles. The van der Waals surface area contributed by atoms with E-state index >= 15 is 0 Å². The average molecular weight is 650 g/mol. The van der Waals surface area contributed by atoms with Crippen molar-refractivity contribution in [1.29, 1.82) is 0 Å². The average Bonchev–Trinajstić information content (AvgIpc) is 3.00. The third-order valence-electron chi connectivity index (χ3n) is 6.04. The highest BCUT2D eigenvalue weighted by Gasteiger charge is 2.27. The Labute approximate surface area is 253 Å². The van der Waals surface area contributed by atoms with Gasteiger partial charge >= 0.3 is 0 Å². The second-order valence-corrected chi connectivity index (χ2v) is 11.9. The second-order valence-electron chi connectivity index (χ2n) is 9.16. The maximum absolute atomic E-state index is 13.4. The molecule has 42 heavy (non-hydrogen) atoms. The minimum absolute atomic E-state index is 0.0618. The molecule has 4 aromatic carbocycles. The van der Waals surface area contributed by atoms with Crippen molar-refractivity contribution in [3.8, 4) is 5.75 Å². The number of ether oxygens (including phenoxy) is 1. The van der Waals surface area contributed by atoms with Gasteiger partial charge in [-0.05, 0) is 72.6 Å². The highest BCUT2D eigenvalue weighted by atomic mass is 79.9. The Hall–Kier alpha value is -4.48. The molecule has 0 aromatic heterocycles. The van der Waals surface area contributed by atoms with Gasteiger partial charge < -0.3 is 10.1 Å². The Morgan fingerprint density at radius 1 is 0.905 bits per heavy atom. The molecule has 216 valence electrons. The monoisotopic (exact) mass is 648 g/mol. The zero-order valence-electron chi connectivity index (χ0n) is 22.7. The second kappa shape index (κ2) is 14.4. The van der Waals surface area contributed by atoms with Crippen LogP contribution >= 0.6 is 15.9 Å². The van der Waals surface area contributed by atoms with E-state index in [1.54, 1.807) is 66.7 Å². The summed E-state index contributed by atoms with van der Waals surface area (Å²) in [5.74, 6) is -0.373. The van der Waals surface area contributed by atoms with Crippen LogP contribution in [0.1, 0.15) is 24.1 Å². The van der Waals surface area contributed by atoms with Crippen molar-refractivity contribution in [3.05, 3.63) is 125 Å². The zero-order valence-corrected chi connectivity index (χ0v) is 25.1. The van der Waals surface area contributed by atoms with E-state index in [0.29, 0.717) is 21.5 Å². The van der Waals surface area contributed by atoms with Crippen LogP contribution in [0.2, 0.25) is 0 Å². The number of hydrogen-bond donors (Lipinski definition) is 2. The van der Waals surface area contributed by atoms with Crippen molar-refractivity contribution >= 4 is 49.7 Å². The fraction of sp³-hybridized carbons (Fsp3) is 0.129. The molecule has 2 N–H and O–H groups in total. The summed E-state index contributed by atoms with van der Waals surface area (Å²) in [7, 11) is -4.02. The first-order valence-electron chi connectivity index (χ1n) is 12.9. The van der Waals surface area contributed by atoms with Gasteiger partial charge in [-0.3, -0.25) is 13.9 Å². The lowest BCUT2D eigenvalue weighted by Crippen LogP contribution is -2.39. The first-order chi connectivity index (χ1) is 20.2. The molecule has 4 rings (SSSR count). The van der Waals surface area contributed by atoms with Gasteiger partial charge in [0.2, 0.25) is 0 Å². The van der Waals surface area contributed by atoms with E-state index < -0.39 is 22.5 Å². The van der Waals surface area contributed by atoms with Crippen molar-refractivity contribution in [2.75, 3.05) is 17.5 Å². The molecule has 11 heteroatoms. The minimum atomic E-state index is -4.02. The molecule has 0 aliphatic rings. The summed E-state index contributed by atoms with van der Waals surface area (Å²) >= 11 is 3.35. The van der Waals surface area contributed by atoms with Crippen LogP contribution in [0.5, 0.6) is 5.75 Å². The number of sulfonamides is 1. The summed E-state index contributed by atoms with van der Waals surface area (Å²) in [4.78, 5) is 25.1. The van der Waals surface area contributed by atoms with E-state index in [1.807, 2.05) is 37.3 Å². The number of anilines is 1. The molecule has 0 spiro atoms. The standard InChI is InChI=1S/C31H29BrN4O5S/c1-23(25-9-4-2-5-10-25)34-31(38)22-41-28-17-15-24(16-18-28)20-33-35-30(37)21-36(27-12-8-11-26(32)19-27)42(39,40)29-13-6-3-7-14-29/h2-20,23H,21-22H2,1H3,(H,34,38)(H,35,37)/b33-20-/t23-/m0/s1. The SMILES string of the molecule is C[C@H](NC(=O)COc1ccc(/C=N\NC(=O)CN(c2cccc(Br)c2)S(=O)(=O)c2ccccc2)cc1)c1ccccc1. The van der Waals surface area contributed by atoms with Crippen LogP contribution in [-0.2, 0) is 19.6 Å². The zero-order chi connectivity index (χ0) is 30.0. The highest BCUT2D eigenvalue weighted by molar-refractivity contribution is 9.10. The predicted octanol–water partition coefficient (Wildman–Crippen LogP) is 5.05. The summed E-state index contributed by atoms with van der Waals surface area (Å²) in [6.45, 7) is 1.28. The minimum Gasteiger partial charge on any atom is -0.484 e. The van der Waals surface area contributed by atoms with E-state index in [9.17, 15) is 18.0 Å². The molecule has 0 fully saturated rings. The Bertz CT molecular complexity index is 1630. The maximum Gasteiger partial charge on any atom is 0.264 e. The third kappa shape index (κ3) is 8.51. The molecule has 4 aromatic rings. The molecule has 0 saturated heterocycles. The number of carbonyl (C=O) groups is 2. The molecule has 0 bridgehead atoms. The number of rotatable bonds is 12. The van der Waals surface area contributed by atoms with Crippen molar-refractivity contribution < 1.29 is 22.7 Å². The third-order valence-corrected chi connectivity index (χ3v) is 8.33. The fourth-order valence-corrected chi connectivity index (χ4v) is 5.74. The van der Waals surface area contributed by atoms with Gasteiger partial charge in [0.1, 0.15) is 12.3 Å². The van der Waals surface area contributed by atoms with E-state index in [2.05, 4.69) is 31.8 Å². The van der Waals surface area contributed by atoms with Gasteiger partial charge in [0.25, 0.3) is 21.8 Å². The number of carbonyl (C=O) groups excluding carboxylic acids is 2. The number of nitrogens with one attached hydrogen (secondary N) is 2. The first-order valence-corrected chi connectivity index (χ1v) is 15.2. The van der Waals surface area contributed by atoms with Crippen LogP contribution in [0.4, 0.5) is 5.69 Å². The summed E-state index contributed by atoms with van der Waals surface area (Å²) in [6, 6.07) is 30.9. The van der Waals surface area contributed by atoms with Gasteiger partial charge in [0.05, 0.1) is 22.8 Å². The molecule has 9 nitrogen and oxygen atoms in total. The summed E-state index contributed by atoms with van der Waals surface area (Å²) < 4.78 is 34.0. The number of hydrazone groups is 1. The van der Waals surface area contributed by atoms with Gasteiger partial charge in [-0.2, -0.15) is 5.10 Å². The van der Waals surface area contributed by atoms with E-state index in [-0.39, 0.29) is 23.5 Å². The largest absolute Gasteiger partial charge is 0.484 e. The Morgan fingerprint density at radius 3 is 2.24 bits per heavy atom. The smallest absolute Gasteiger partial charge is 0.264 e. The van der Waals surface area contributed by atoms with E-state index in [0.717, 1.165) is 9.87 Å². The summed E-state index contributed by atoms with van der Waals surface area (Å²) in [5.41, 5.74) is 4.37. The molecule has 0 aliphatic carbocycles. The molecular formula is C31H29BrN4O5S. The van der Waals surface area contributed by atoms with E-state index in [4.69, 9.17) is 4.74 Å². The van der Waals surface area contributed by atoms with Crippen molar-refractivity contribution in [2.24, 2.45) is 5.10 Å². The number of hydrogen-bond acceptors (Lipinski definition) is 6. The number of benzene rings is 4. The lowest BCUT2D eigenvalue weighted by atomic mass is 10.1. The van der Waals surface area contributed by atoms with Crippen molar-refractivity contribution in [3.63, 3.8) is 0 Å². The van der Waals surface area contributed by atoms with Gasteiger partial charge in [-0.15, -0.1) is 0 Å². The Balaban J connectivity index is 1.32. The topological polar surface area (TPSA) is 117 Å². The van der Waals surface area contributed by atoms with Crippen molar-refractivity contribution in [1.82, 2.24) is 10.7 Å². The summed E-state index contributed by atoms with van der Waals surface area (Å²) in [6.07, 6.45) is 1.42. The van der Waals surface area contributed by atoms with Gasteiger partial charge in [-0.25, -0.2) is 13.8 Å². The fourth-order valence-electron chi connectivity index (χ4n) is 3.92. The van der Waals surface area contributed by atoms with Crippen molar-refractivity contribution in [2.45, 2.75) is 17.9 Å². The molecule has 0 unspecified atom stereocenters. The van der Waals surface area contributed by atoms with Crippen LogP contribution in [-0.4, -0.2) is 39.6 Å². The quantitative estimate of drug-likeness (QED) is 0.165. The van der Waals surface area contributed by atoms with Crippen LogP contribution in [0.15, 0.2) is 124 Å². The molecular weight excluding hydrogens is 620 g/mol. The molecule has 0 saturated carbocycles. The predicted molar refractivity (Wildman–Crippen MR) is 166 cm³/mol. The highest BCUT2D eigenvalue weighted by Crippen LogP contribution is 2.26. The molecule has 2 amide bonds. The number of amides is 2. The van der Waals surface area contributed by atoms with Crippen LogP contribution < -0.4 is 19.8 Å². The molecule has 0 heterocycles. The lowest BCUT2D eigenvalue weighted by molar-refractivity contribution is -0.123. The first kappa shape index (κ1) is 30.5. The lowest BCUT2D eigenvalue weighted by Gasteiger charge is -2.23. The molecule has 1 atom stereocenters. The van der Waals surface area contributed by atoms with Crippen LogP contribution in [0.25, 0.3) is 0 Å². The van der Waals surface area contributed by atoms with Gasteiger partial charge in [-0.1, -0.05) is 70.5 Å². The Morgan fingerprint density at radius 2 is 1.57 bits per heavy atom. The Kier molecular flexibility index (Phi) is 10.5. The normalized spacial score (nSPS) is 12.0. The number of halogens is 1. The maximum atomic E-state index is 13.4. The van der Waals surface area contributed by atoms with Crippen LogP contribution in [0.3, 0.4) is 0 Å². The number of nitrogens with zero attached hydrogens (tertiary/aromatic N) is 2.